The Labute approximate surface area is 156 Å². The maximum Gasteiger partial charge on any atom is 0.252 e. The van der Waals surface area contributed by atoms with Crippen LogP contribution in [-0.2, 0) is 6.61 Å². The fraction of sp³-hybridized carbons (Fsp3) is 0.526. The fourth-order valence-corrected chi connectivity index (χ4v) is 4.75. The van der Waals surface area contributed by atoms with Gasteiger partial charge in [-0.1, -0.05) is 11.6 Å². The van der Waals surface area contributed by atoms with Crippen LogP contribution < -0.4 is 5.32 Å². The van der Waals surface area contributed by atoms with E-state index < -0.39 is 5.60 Å². The molecule has 0 spiro atoms. The molecule has 0 radical (unpaired) electrons. The van der Waals surface area contributed by atoms with Crippen LogP contribution in [0.2, 0.25) is 0 Å². The quantitative estimate of drug-likeness (QED) is 0.558. The molecule has 2 bridgehead atoms. The van der Waals surface area contributed by atoms with Crippen LogP contribution in [0.25, 0.3) is 22.4 Å². The van der Waals surface area contributed by atoms with Gasteiger partial charge in [0.15, 0.2) is 0 Å². The van der Waals surface area contributed by atoms with Crippen molar-refractivity contribution in [3.8, 4) is 11.4 Å². The van der Waals surface area contributed by atoms with E-state index in [1.807, 2.05) is 12.3 Å². The molecule has 8 nitrogen and oxygen atoms in total. The van der Waals surface area contributed by atoms with Gasteiger partial charge in [-0.2, -0.15) is 4.98 Å². The van der Waals surface area contributed by atoms with Crippen molar-refractivity contribution >= 4 is 16.7 Å². The molecule has 3 heterocycles. The zero-order chi connectivity index (χ0) is 18.4. The van der Waals surface area contributed by atoms with Crippen LogP contribution in [0, 0.1) is 5.92 Å². The first-order chi connectivity index (χ1) is 13.1. The molecule has 2 fully saturated rings. The molecule has 0 unspecified atom stereocenters. The van der Waals surface area contributed by atoms with Crippen molar-refractivity contribution in [2.24, 2.45) is 5.92 Å². The van der Waals surface area contributed by atoms with E-state index in [1.54, 1.807) is 6.20 Å². The second-order valence-electron chi connectivity index (χ2n) is 7.83. The summed E-state index contributed by atoms with van der Waals surface area (Å²) in [5.41, 5.74) is 1.99. The summed E-state index contributed by atoms with van der Waals surface area (Å²) < 4.78 is 5.08. The molecule has 0 aliphatic heterocycles. The van der Waals surface area contributed by atoms with Crippen LogP contribution in [0.3, 0.4) is 0 Å². The average molecular weight is 369 g/mol. The molecule has 5 rings (SSSR count). The Kier molecular flexibility index (Phi) is 3.91. The van der Waals surface area contributed by atoms with Gasteiger partial charge >= 0.3 is 0 Å². The molecule has 0 aromatic carbocycles. The Bertz CT molecular complexity index is 967. The number of hydrogen-bond acceptors (Lipinski definition) is 7. The number of pyridine rings is 1. The van der Waals surface area contributed by atoms with E-state index in [0.29, 0.717) is 11.7 Å². The van der Waals surface area contributed by atoms with Gasteiger partial charge in [-0.25, -0.2) is 4.98 Å². The maximum atomic E-state index is 10.7. The SMILES string of the molecule is OCc1nc(-c2cnc3[nH]ccc3c2N[C@H]2CC[C@]3(O)CCC[C@H]2C3)no1. The van der Waals surface area contributed by atoms with Gasteiger partial charge in [0.1, 0.15) is 12.3 Å². The lowest BCUT2D eigenvalue weighted by atomic mass is 9.67. The summed E-state index contributed by atoms with van der Waals surface area (Å²) in [6.45, 7) is -0.293. The Morgan fingerprint density at radius 3 is 3.11 bits per heavy atom. The summed E-state index contributed by atoms with van der Waals surface area (Å²) in [6.07, 6.45) is 9.34. The van der Waals surface area contributed by atoms with Crippen LogP contribution in [0.1, 0.15) is 44.4 Å². The number of H-pyrrole nitrogens is 1. The van der Waals surface area contributed by atoms with Crippen LogP contribution in [0.5, 0.6) is 0 Å². The highest BCUT2D eigenvalue weighted by atomic mass is 16.5. The molecule has 0 amide bonds. The molecule has 3 aromatic rings. The van der Waals surface area contributed by atoms with E-state index >= 15 is 0 Å². The predicted octanol–water partition coefficient (Wildman–Crippen LogP) is 2.60. The van der Waals surface area contributed by atoms with Crippen molar-refractivity contribution in [3.05, 3.63) is 24.4 Å². The van der Waals surface area contributed by atoms with Crippen molar-refractivity contribution in [2.75, 3.05) is 5.32 Å². The number of rotatable bonds is 4. The normalized spacial score (nSPS) is 27.8. The van der Waals surface area contributed by atoms with Gasteiger partial charge in [0, 0.05) is 23.8 Å². The highest BCUT2D eigenvalue weighted by molar-refractivity contribution is 5.97. The molecule has 2 aliphatic rings. The van der Waals surface area contributed by atoms with E-state index in [4.69, 9.17) is 4.52 Å². The van der Waals surface area contributed by atoms with E-state index in [9.17, 15) is 10.2 Å². The lowest BCUT2D eigenvalue weighted by Gasteiger charge is -2.46. The summed E-state index contributed by atoms with van der Waals surface area (Å²) in [7, 11) is 0. The Morgan fingerprint density at radius 1 is 1.33 bits per heavy atom. The highest BCUT2D eigenvalue weighted by Crippen LogP contribution is 2.45. The standard InChI is InChI=1S/C19H23N5O3/c25-10-15-23-18(24-27-15)13-9-21-17-12(4-7-20-17)16(13)22-14-3-6-19(26)5-1-2-11(14)8-19/h4,7,9,11,14,25-26H,1-3,5-6,8,10H2,(H2,20,21,22)/t11-,14-,19+/m0/s1. The predicted molar refractivity (Wildman–Crippen MR) is 98.9 cm³/mol. The molecule has 142 valence electrons. The van der Waals surface area contributed by atoms with Crippen molar-refractivity contribution in [1.29, 1.82) is 0 Å². The van der Waals surface area contributed by atoms with Crippen LogP contribution in [0.4, 0.5) is 5.69 Å². The molecule has 3 aromatic heterocycles. The lowest BCUT2D eigenvalue weighted by Crippen LogP contribution is -2.47. The number of anilines is 1. The van der Waals surface area contributed by atoms with Crippen LogP contribution in [-0.4, -0.2) is 42.0 Å². The van der Waals surface area contributed by atoms with Gasteiger partial charge in [-0.3, -0.25) is 0 Å². The molecule has 8 heteroatoms. The number of aromatic nitrogens is 4. The van der Waals surface area contributed by atoms with E-state index in [2.05, 4.69) is 25.4 Å². The second kappa shape index (κ2) is 6.31. The largest absolute Gasteiger partial charge is 0.390 e. The monoisotopic (exact) mass is 369 g/mol. The summed E-state index contributed by atoms with van der Waals surface area (Å²) >= 11 is 0. The summed E-state index contributed by atoms with van der Waals surface area (Å²) in [5.74, 6) is 1.04. The summed E-state index contributed by atoms with van der Waals surface area (Å²) in [5, 5.41) is 28.6. The van der Waals surface area contributed by atoms with E-state index in [1.165, 1.54) is 0 Å². The number of aliphatic hydroxyl groups is 2. The van der Waals surface area contributed by atoms with Crippen LogP contribution in [0.15, 0.2) is 23.0 Å². The summed E-state index contributed by atoms with van der Waals surface area (Å²) in [4.78, 5) is 11.9. The molecule has 3 atom stereocenters. The lowest BCUT2D eigenvalue weighted by molar-refractivity contribution is -0.0508. The first-order valence-electron chi connectivity index (χ1n) is 9.54. The van der Waals surface area contributed by atoms with Gasteiger partial charge < -0.3 is 25.0 Å². The smallest absolute Gasteiger partial charge is 0.252 e. The topological polar surface area (TPSA) is 120 Å². The van der Waals surface area contributed by atoms with E-state index in [0.717, 1.165) is 60.8 Å². The number of aromatic amines is 1. The van der Waals surface area contributed by atoms with Gasteiger partial charge in [0.05, 0.1) is 16.9 Å². The third-order valence-corrected chi connectivity index (χ3v) is 6.11. The Balaban J connectivity index is 1.53. The van der Waals surface area contributed by atoms with Crippen molar-refractivity contribution in [2.45, 2.75) is 56.8 Å². The molecular weight excluding hydrogens is 346 g/mol. The Hall–Kier alpha value is -2.45. The van der Waals surface area contributed by atoms with Gasteiger partial charge in [0.25, 0.3) is 5.89 Å². The molecule has 0 saturated heterocycles. The number of nitrogens with zero attached hydrogens (tertiary/aromatic N) is 3. The molecule has 4 N–H and O–H groups in total. The number of fused-ring (bicyclic) bond motifs is 3. The first kappa shape index (κ1) is 16.7. The summed E-state index contributed by atoms with van der Waals surface area (Å²) in [6, 6.07) is 2.27. The fourth-order valence-electron chi connectivity index (χ4n) is 4.75. The van der Waals surface area contributed by atoms with E-state index in [-0.39, 0.29) is 18.5 Å². The first-order valence-corrected chi connectivity index (χ1v) is 9.54. The molecule has 2 aliphatic carbocycles. The zero-order valence-electron chi connectivity index (χ0n) is 15.0. The van der Waals surface area contributed by atoms with Crippen molar-refractivity contribution < 1.29 is 14.7 Å². The van der Waals surface area contributed by atoms with Crippen molar-refractivity contribution in [3.63, 3.8) is 0 Å². The minimum absolute atomic E-state index is 0.181. The molecular formula is C19H23N5O3. The van der Waals surface area contributed by atoms with Gasteiger partial charge in [0.2, 0.25) is 5.82 Å². The molecule has 27 heavy (non-hydrogen) atoms. The Morgan fingerprint density at radius 2 is 2.26 bits per heavy atom. The van der Waals surface area contributed by atoms with Crippen molar-refractivity contribution in [1.82, 2.24) is 20.1 Å². The third kappa shape index (κ3) is 2.89. The second-order valence-corrected chi connectivity index (χ2v) is 7.83. The highest BCUT2D eigenvalue weighted by Gasteiger charge is 2.42. The number of hydrogen-bond donors (Lipinski definition) is 4. The molecule has 2 saturated carbocycles. The third-order valence-electron chi connectivity index (χ3n) is 6.11. The average Bonchev–Trinajstić information content (AvgIpc) is 3.33. The number of aliphatic hydroxyl groups excluding tert-OH is 1. The van der Waals surface area contributed by atoms with Gasteiger partial charge in [-0.05, 0) is 44.1 Å². The maximum absolute atomic E-state index is 10.7. The zero-order valence-corrected chi connectivity index (χ0v) is 15.0. The van der Waals surface area contributed by atoms with Gasteiger partial charge in [-0.15, -0.1) is 0 Å². The minimum atomic E-state index is -0.477. The number of nitrogens with one attached hydrogen (secondary N) is 2. The minimum Gasteiger partial charge on any atom is -0.390 e. The van der Waals surface area contributed by atoms with Crippen LogP contribution >= 0.6 is 0 Å².